The van der Waals surface area contributed by atoms with E-state index in [4.69, 9.17) is 11.8 Å². The maximum absolute atomic E-state index is 5.56. The Morgan fingerprint density at radius 2 is 2.43 bits per heavy atom. The fourth-order valence-electron chi connectivity index (χ4n) is 0.488. The molecule has 1 rings (SSSR count). The quantitative estimate of drug-likeness (QED) is 0.435. The third kappa shape index (κ3) is 0.868. The average Bonchev–Trinajstić information content (AvgIpc) is 1.91. The maximum Gasteiger partial charge on any atom is 0.0546 e. The number of hydrogen-bond donors (Lipinski definition) is 0. The Morgan fingerprint density at radius 1 is 1.71 bits per heavy atom. The van der Waals surface area contributed by atoms with Crippen molar-refractivity contribution in [1.82, 2.24) is 9.54 Å². The summed E-state index contributed by atoms with van der Waals surface area (Å²) in [6.45, 7) is 0.818. The summed E-state index contributed by atoms with van der Waals surface area (Å²) in [5.41, 5.74) is 0. The lowest BCUT2D eigenvalue weighted by molar-refractivity contribution is 0.202. The van der Waals surface area contributed by atoms with E-state index in [-0.39, 0.29) is 0 Å². The molecule has 1 aliphatic heterocycles. The molecule has 0 aromatic heterocycles. The van der Waals surface area contributed by atoms with Gasteiger partial charge in [0.15, 0.2) is 0 Å². The Morgan fingerprint density at radius 3 is 2.57 bits per heavy atom. The highest BCUT2D eigenvalue weighted by molar-refractivity contribution is 6.13. The van der Waals surface area contributed by atoms with Gasteiger partial charge in [-0.3, -0.25) is 0 Å². The minimum atomic E-state index is 0.818. The lowest BCUT2D eigenvalue weighted by Gasteiger charge is -2.14. The summed E-state index contributed by atoms with van der Waals surface area (Å²) in [7, 11) is 1.90. The first-order chi connectivity index (χ1) is 3.30. The maximum atomic E-state index is 5.56. The van der Waals surface area contributed by atoms with Gasteiger partial charge in [0.1, 0.15) is 0 Å². The second kappa shape index (κ2) is 1.72. The van der Waals surface area contributed by atoms with E-state index >= 15 is 0 Å². The molecule has 0 atom stereocenters. The molecule has 3 heteroatoms. The van der Waals surface area contributed by atoms with Gasteiger partial charge in [0, 0.05) is 25.0 Å². The Bertz CT molecular complexity index is 91.7. The highest BCUT2D eigenvalue weighted by Gasteiger charge is 2.05. The minimum absolute atomic E-state index is 0.818. The van der Waals surface area contributed by atoms with E-state index in [0.29, 0.717) is 0 Å². The first-order valence-electron chi connectivity index (χ1n) is 2.13. The molecule has 0 unspecified atom stereocenters. The van der Waals surface area contributed by atoms with E-state index in [1.807, 2.05) is 24.3 Å². The molecule has 40 valence electrons. The van der Waals surface area contributed by atoms with Crippen LogP contribution in [-0.2, 0) is 0 Å². The lowest BCUT2D eigenvalue weighted by Crippen LogP contribution is -2.21. The Kier molecular flexibility index (Phi) is 1.21. The van der Waals surface area contributed by atoms with Crippen LogP contribution < -0.4 is 0 Å². The molecule has 2 nitrogen and oxygen atoms in total. The molecule has 0 aromatic rings. The van der Waals surface area contributed by atoms with Crippen molar-refractivity contribution in [3.05, 3.63) is 12.3 Å². The van der Waals surface area contributed by atoms with Gasteiger partial charge in [-0.25, -0.2) is 0 Å². The van der Waals surface area contributed by atoms with Crippen LogP contribution in [0.15, 0.2) is 12.3 Å². The van der Waals surface area contributed by atoms with Crippen LogP contribution >= 0.6 is 11.8 Å². The van der Waals surface area contributed by atoms with Crippen molar-refractivity contribution < 1.29 is 0 Å². The average molecular weight is 119 g/mol. The van der Waals surface area contributed by atoms with Gasteiger partial charge in [0.05, 0.1) is 6.54 Å². The number of nitrogens with zero attached hydrogens (tertiary/aromatic N) is 2. The van der Waals surface area contributed by atoms with Gasteiger partial charge >= 0.3 is 0 Å². The SMILES string of the molecule is CN1C=CCN1Cl. The molecule has 0 aliphatic carbocycles. The molecule has 1 heterocycles. The van der Waals surface area contributed by atoms with Crippen molar-refractivity contribution in [2.45, 2.75) is 0 Å². The van der Waals surface area contributed by atoms with Crippen LogP contribution in [-0.4, -0.2) is 23.1 Å². The van der Waals surface area contributed by atoms with Crippen molar-refractivity contribution in [2.24, 2.45) is 0 Å². The third-order valence-corrected chi connectivity index (χ3v) is 1.30. The van der Waals surface area contributed by atoms with Gasteiger partial charge in [-0.2, -0.15) is 0 Å². The molecule has 0 amide bonds. The summed E-state index contributed by atoms with van der Waals surface area (Å²) in [6, 6.07) is 0. The second-order valence-electron chi connectivity index (χ2n) is 1.48. The van der Waals surface area contributed by atoms with Crippen molar-refractivity contribution >= 4 is 11.8 Å². The van der Waals surface area contributed by atoms with Crippen molar-refractivity contribution in [2.75, 3.05) is 13.6 Å². The molecule has 0 N–H and O–H groups in total. The summed E-state index contributed by atoms with van der Waals surface area (Å²) < 4.78 is 1.60. The van der Waals surface area contributed by atoms with E-state index in [0.717, 1.165) is 6.54 Å². The summed E-state index contributed by atoms with van der Waals surface area (Å²) in [5, 5.41) is 1.82. The summed E-state index contributed by atoms with van der Waals surface area (Å²) in [4.78, 5) is 0. The van der Waals surface area contributed by atoms with E-state index in [9.17, 15) is 0 Å². The molecule has 7 heavy (non-hydrogen) atoms. The Labute approximate surface area is 48.0 Å². The lowest BCUT2D eigenvalue weighted by atomic mass is 10.7. The zero-order valence-electron chi connectivity index (χ0n) is 4.13. The molecule has 1 aliphatic rings. The molecular weight excluding hydrogens is 112 g/mol. The van der Waals surface area contributed by atoms with E-state index in [1.165, 1.54) is 0 Å². The topological polar surface area (TPSA) is 6.48 Å². The summed E-state index contributed by atoms with van der Waals surface area (Å²) in [5.74, 6) is 0. The van der Waals surface area contributed by atoms with Crippen LogP contribution in [0.5, 0.6) is 0 Å². The van der Waals surface area contributed by atoms with Crippen LogP contribution in [0.3, 0.4) is 0 Å². The fraction of sp³-hybridized carbons (Fsp3) is 0.500. The van der Waals surface area contributed by atoms with E-state index < -0.39 is 0 Å². The number of hydrazine groups is 1. The fourth-order valence-corrected chi connectivity index (χ4v) is 0.618. The standard InChI is InChI=1S/C4H7ClN2/c1-6-3-2-4-7(6)5/h2-3H,4H2,1H3. The predicted molar refractivity (Wildman–Crippen MR) is 29.5 cm³/mol. The van der Waals surface area contributed by atoms with Gasteiger partial charge in [0.25, 0.3) is 0 Å². The van der Waals surface area contributed by atoms with Crippen LogP contribution in [0.1, 0.15) is 0 Å². The van der Waals surface area contributed by atoms with E-state index in [1.54, 1.807) is 4.53 Å². The van der Waals surface area contributed by atoms with Crippen LogP contribution in [0, 0.1) is 0 Å². The van der Waals surface area contributed by atoms with E-state index in [2.05, 4.69) is 0 Å². The number of hydrogen-bond acceptors (Lipinski definition) is 2. The van der Waals surface area contributed by atoms with Gasteiger partial charge in [-0.05, 0) is 6.08 Å². The molecule has 0 radical (unpaired) electrons. The van der Waals surface area contributed by atoms with Crippen molar-refractivity contribution in [3.63, 3.8) is 0 Å². The van der Waals surface area contributed by atoms with Crippen LogP contribution in [0.25, 0.3) is 0 Å². The molecular formula is C4H7ClN2. The number of rotatable bonds is 0. The zero-order valence-corrected chi connectivity index (χ0v) is 4.89. The first-order valence-corrected chi connectivity index (χ1v) is 2.47. The van der Waals surface area contributed by atoms with Gasteiger partial charge in [-0.15, -0.1) is 4.53 Å². The number of halogens is 1. The minimum Gasteiger partial charge on any atom is -0.302 e. The normalized spacial score (nSPS) is 21.7. The van der Waals surface area contributed by atoms with Crippen molar-refractivity contribution in [1.29, 1.82) is 0 Å². The smallest absolute Gasteiger partial charge is 0.0546 e. The van der Waals surface area contributed by atoms with Gasteiger partial charge in [-0.1, -0.05) is 0 Å². The monoisotopic (exact) mass is 118 g/mol. The van der Waals surface area contributed by atoms with Crippen molar-refractivity contribution in [3.8, 4) is 0 Å². The van der Waals surface area contributed by atoms with Gasteiger partial charge < -0.3 is 5.01 Å². The zero-order chi connectivity index (χ0) is 5.28. The van der Waals surface area contributed by atoms with Gasteiger partial charge in [0.2, 0.25) is 0 Å². The third-order valence-electron chi connectivity index (χ3n) is 0.920. The Hall–Kier alpha value is -0.210. The Balaban J connectivity index is 2.45. The highest BCUT2D eigenvalue weighted by Crippen LogP contribution is 2.05. The largest absolute Gasteiger partial charge is 0.302 e. The summed E-state index contributed by atoms with van der Waals surface area (Å²) in [6.07, 6.45) is 3.92. The second-order valence-corrected chi connectivity index (χ2v) is 1.87. The molecule has 0 fully saturated rings. The molecule has 0 saturated heterocycles. The van der Waals surface area contributed by atoms with Crippen LogP contribution in [0.2, 0.25) is 0 Å². The highest BCUT2D eigenvalue weighted by atomic mass is 35.5. The molecule has 0 aromatic carbocycles. The summed E-state index contributed by atoms with van der Waals surface area (Å²) >= 11 is 5.56. The molecule has 0 saturated carbocycles. The van der Waals surface area contributed by atoms with Crippen LogP contribution in [0.4, 0.5) is 0 Å². The molecule has 0 bridgehead atoms. The molecule has 0 spiro atoms. The predicted octanol–water partition coefficient (Wildman–Crippen LogP) is 0.816. The first kappa shape index (κ1) is 4.94.